The Kier molecular flexibility index (Phi) is 3.86. The van der Waals surface area contributed by atoms with Crippen LogP contribution in [0.15, 0.2) is 97.9 Å². The highest BCUT2D eigenvalue weighted by Gasteiger charge is 2.17. The molecule has 0 saturated heterocycles. The van der Waals surface area contributed by atoms with Gasteiger partial charge < -0.3 is 4.42 Å². The lowest BCUT2D eigenvalue weighted by Crippen LogP contribution is -1.87. The number of hydrogen-bond acceptors (Lipinski definition) is 4. The summed E-state index contributed by atoms with van der Waals surface area (Å²) in [5.74, 6) is 0. The van der Waals surface area contributed by atoms with E-state index in [1.54, 1.807) is 11.8 Å². The minimum Gasteiger partial charge on any atom is -0.430 e. The van der Waals surface area contributed by atoms with Gasteiger partial charge in [-0.25, -0.2) is 9.97 Å². The monoisotopic (exact) mass is 456 g/mol. The van der Waals surface area contributed by atoms with E-state index in [0.29, 0.717) is 5.22 Å². The zero-order chi connectivity index (χ0) is 19.4. The molecule has 2 heterocycles. The predicted molar refractivity (Wildman–Crippen MR) is 123 cm³/mol. The molecule has 3 nitrogen and oxygen atoms in total. The maximum absolute atomic E-state index is 6.19. The summed E-state index contributed by atoms with van der Waals surface area (Å²) < 4.78 is 7.11. The van der Waals surface area contributed by atoms with Crippen LogP contribution in [0.3, 0.4) is 0 Å². The highest BCUT2D eigenvalue weighted by molar-refractivity contribution is 9.10. The van der Waals surface area contributed by atoms with Crippen molar-refractivity contribution in [1.82, 2.24) is 9.97 Å². The van der Waals surface area contributed by atoms with Gasteiger partial charge in [-0.1, -0.05) is 60.7 Å². The normalized spacial score (nSPS) is 11.8. The van der Waals surface area contributed by atoms with Crippen molar-refractivity contribution in [2.45, 2.75) is 10.1 Å². The van der Waals surface area contributed by atoms with Gasteiger partial charge >= 0.3 is 0 Å². The van der Waals surface area contributed by atoms with Crippen molar-refractivity contribution in [3.63, 3.8) is 0 Å². The first-order chi connectivity index (χ1) is 14.3. The second-order valence-corrected chi connectivity index (χ2v) is 8.63. The molecular weight excluding hydrogens is 444 g/mol. The van der Waals surface area contributed by atoms with Gasteiger partial charge in [-0.2, -0.15) is 0 Å². The molecule has 29 heavy (non-hydrogen) atoms. The fraction of sp³-hybridized carbons (Fsp3) is 0. The molecule has 0 saturated carbocycles. The molecule has 0 spiro atoms. The molecule has 0 amide bonds. The van der Waals surface area contributed by atoms with Crippen LogP contribution in [0.4, 0.5) is 0 Å². The number of fused-ring (bicyclic) bond motifs is 5. The van der Waals surface area contributed by atoms with Crippen LogP contribution < -0.4 is 0 Å². The standard InChI is InChI=1S/C24H13BrN2OS/c25-18-13-14-7-1-2-8-15(14)21-22(18)28-24(27-21)29-23-16-9-3-5-11-19(16)26-20-12-6-4-10-17(20)23/h1-13H. The van der Waals surface area contributed by atoms with Gasteiger partial charge in [0.2, 0.25) is 0 Å². The smallest absolute Gasteiger partial charge is 0.261 e. The van der Waals surface area contributed by atoms with E-state index in [0.717, 1.165) is 53.0 Å². The van der Waals surface area contributed by atoms with Crippen LogP contribution in [0.25, 0.3) is 43.7 Å². The molecule has 0 bridgehead atoms. The Morgan fingerprint density at radius 3 is 2.07 bits per heavy atom. The SMILES string of the molecule is Brc1cc2ccccc2c2nc(Sc3c4ccccc4nc4ccccc34)oc12. The van der Waals surface area contributed by atoms with Crippen LogP contribution in [0.5, 0.6) is 0 Å². The number of hydrogen-bond donors (Lipinski definition) is 0. The van der Waals surface area contributed by atoms with Crippen molar-refractivity contribution in [2.24, 2.45) is 0 Å². The quantitative estimate of drug-likeness (QED) is 0.251. The van der Waals surface area contributed by atoms with Crippen molar-refractivity contribution < 1.29 is 4.42 Å². The summed E-state index contributed by atoms with van der Waals surface area (Å²) in [5.41, 5.74) is 3.59. The van der Waals surface area contributed by atoms with Crippen LogP contribution in [-0.2, 0) is 0 Å². The van der Waals surface area contributed by atoms with Crippen molar-refractivity contribution >= 4 is 71.4 Å². The molecule has 0 unspecified atom stereocenters. The largest absolute Gasteiger partial charge is 0.430 e. The minimum atomic E-state index is 0.624. The number of nitrogens with zero attached hydrogens (tertiary/aromatic N) is 2. The summed E-state index contributed by atoms with van der Waals surface area (Å²) in [5, 5.41) is 5.05. The van der Waals surface area contributed by atoms with Gasteiger partial charge in [-0.05, 0) is 51.3 Å². The molecule has 4 aromatic carbocycles. The molecule has 5 heteroatoms. The van der Waals surface area contributed by atoms with E-state index in [9.17, 15) is 0 Å². The Morgan fingerprint density at radius 2 is 1.34 bits per heavy atom. The topological polar surface area (TPSA) is 38.9 Å². The summed E-state index contributed by atoms with van der Waals surface area (Å²) in [4.78, 5) is 10.8. The van der Waals surface area contributed by atoms with E-state index in [4.69, 9.17) is 14.4 Å². The van der Waals surface area contributed by atoms with Gasteiger partial charge in [0.15, 0.2) is 5.58 Å². The number of para-hydroxylation sites is 2. The first-order valence-corrected chi connectivity index (χ1v) is 10.8. The third-order valence-electron chi connectivity index (χ3n) is 5.05. The van der Waals surface area contributed by atoms with E-state index in [-0.39, 0.29) is 0 Å². The zero-order valence-electron chi connectivity index (χ0n) is 15.1. The summed E-state index contributed by atoms with van der Waals surface area (Å²) in [7, 11) is 0. The van der Waals surface area contributed by atoms with E-state index < -0.39 is 0 Å². The lowest BCUT2D eigenvalue weighted by Gasteiger charge is -2.08. The highest BCUT2D eigenvalue weighted by Crippen LogP contribution is 2.41. The second-order valence-electron chi connectivity index (χ2n) is 6.81. The third kappa shape index (κ3) is 2.73. The molecule has 0 radical (unpaired) electrons. The zero-order valence-corrected chi connectivity index (χ0v) is 17.5. The van der Waals surface area contributed by atoms with Crippen LogP contribution in [0, 0.1) is 0 Å². The Balaban J connectivity index is 1.61. The lowest BCUT2D eigenvalue weighted by molar-refractivity contribution is 0.488. The molecule has 0 aliphatic heterocycles. The van der Waals surface area contributed by atoms with Crippen molar-refractivity contribution in [1.29, 1.82) is 0 Å². The van der Waals surface area contributed by atoms with Gasteiger partial charge in [-0.3, -0.25) is 0 Å². The number of oxazole rings is 1. The average molecular weight is 457 g/mol. The Labute approximate surface area is 178 Å². The Morgan fingerprint density at radius 1 is 0.724 bits per heavy atom. The van der Waals surface area contributed by atoms with Crippen LogP contribution in [0.1, 0.15) is 0 Å². The Bertz CT molecular complexity index is 1500. The average Bonchev–Trinajstić information content (AvgIpc) is 3.18. The van der Waals surface area contributed by atoms with Crippen molar-refractivity contribution in [3.8, 4) is 0 Å². The summed E-state index contributed by atoms with van der Waals surface area (Å²) in [6.45, 7) is 0. The fourth-order valence-corrected chi connectivity index (χ4v) is 5.24. The summed E-state index contributed by atoms with van der Waals surface area (Å²) in [6.07, 6.45) is 0. The number of halogens is 1. The van der Waals surface area contributed by atoms with E-state index in [1.165, 1.54) is 0 Å². The minimum absolute atomic E-state index is 0.624. The van der Waals surface area contributed by atoms with E-state index in [2.05, 4.69) is 46.3 Å². The van der Waals surface area contributed by atoms with Crippen molar-refractivity contribution in [3.05, 3.63) is 83.3 Å². The van der Waals surface area contributed by atoms with Gasteiger partial charge in [0.25, 0.3) is 5.22 Å². The van der Waals surface area contributed by atoms with Gasteiger partial charge in [0.1, 0.15) is 5.52 Å². The molecule has 6 aromatic rings. The maximum atomic E-state index is 6.19. The molecule has 6 rings (SSSR count). The molecule has 138 valence electrons. The third-order valence-corrected chi connectivity index (χ3v) is 6.63. The molecule has 0 atom stereocenters. The first-order valence-electron chi connectivity index (χ1n) is 9.21. The molecule has 0 fully saturated rings. The maximum Gasteiger partial charge on any atom is 0.261 e. The lowest BCUT2D eigenvalue weighted by atomic mass is 10.1. The number of pyridine rings is 1. The van der Waals surface area contributed by atoms with Gasteiger partial charge in [-0.15, -0.1) is 0 Å². The molecule has 0 aliphatic carbocycles. The molecule has 0 N–H and O–H groups in total. The van der Waals surface area contributed by atoms with Crippen molar-refractivity contribution in [2.75, 3.05) is 0 Å². The van der Waals surface area contributed by atoms with Gasteiger partial charge in [0, 0.05) is 21.1 Å². The Hall–Kier alpha value is -2.89. The predicted octanol–water partition coefficient (Wildman–Crippen LogP) is 7.60. The number of benzene rings is 4. The van der Waals surface area contributed by atoms with Gasteiger partial charge in [0.05, 0.1) is 15.5 Å². The fourth-order valence-electron chi connectivity index (χ4n) is 3.73. The second kappa shape index (κ2) is 6.58. The van der Waals surface area contributed by atoms with Crippen LogP contribution in [0.2, 0.25) is 0 Å². The number of rotatable bonds is 2. The van der Waals surface area contributed by atoms with Crippen LogP contribution >= 0.6 is 27.7 Å². The highest BCUT2D eigenvalue weighted by atomic mass is 79.9. The van der Waals surface area contributed by atoms with Crippen LogP contribution in [-0.4, -0.2) is 9.97 Å². The molecule has 0 aliphatic rings. The van der Waals surface area contributed by atoms with E-state index >= 15 is 0 Å². The van der Waals surface area contributed by atoms with E-state index in [1.807, 2.05) is 48.5 Å². The molecule has 2 aromatic heterocycles. The summed E-state index contributed by atoms with van der Waals surface area (Å²) >= 11 is 5.19. The number of aromatic nitrogens is 2. The first kappa shape index (κ1) is 17.0. The summed E-state index contributed by atoms with van der Waals surface area (Å²) in [6, 6.07) is 26.7. The molecular formula is C24H13BrN2OS.